The second kappa shape index (κ2) is 11.2. The maximum absolute atomic E-state index is 14.4. The molecule has 11 heteroatoms. The standard InChI is InChI=1S/C28H26ClFN6O3/c1-17(37)24-14-35(25-6-5-21(9-23(24)25)34-22-11-31-16-32-12-22)15-27(38)36-13-20(30)8-26(36)28(39)33-10-18-3-2-4-19(29)7-18/h2-7,9,11-12,14,16,20,26,34H,8,10,13,15H2,1H3,(H,33,39). The molecule has 0 aliphatic carbocycles. The van der Waals surface area contributed by atoms with E-state index in [-0.39, 0.29) is 31.8 Å². The third kappa shape index (κ3) is 5.91. The second-order valence-electron chi connectivity index (χ2n) is 9.45. The number of fused-ring (bicyclic) bond motifs is 1. The van der Waals surface area contributed by atoms with E-state index in [1.165, 1.54) is 18.2 Å². The van der Waals surface area contributed by atoms with Gasteiger partial charge in [-0.05, 0) is 42.8 Å². The predicted molar refractivity (Wildman–Crippen MR) is 146 cm³/mol. The largest absolute Gasteiger partial charge is 0.353 e. The fourth-order valence-electron chi connectivity index (χ4n) is 4.82. The summed E-state index contributed by atoms with van der Waals surface area (Å²) in [5.74, 6) is -0.991. The van der Waals surface area contributed by atoms with Gasteiger partial charge >= 0.3 is 0 Å². The minimum absolute atomic E-state index is 0.0729. The average Bonchev–Trinajstić information content (AvgIpc) is 3.48. The van der Waals surface area contributed by atoms with Crippen molar-refractivity contribution in [2.45, 2.75) is 38.6 Å². The molecule has 0 radical (unpaired) electrons. The molecule has 200 valence electrons. The lowest BCUT2D eigenvalue weighted by Crippen LogP contribution is -2.46. The summed E-state index contributed by atoms with van der Waals surface area (Å²) in [6.07, 6.45) is 4.93. The number of carbonyl (C=O) groups excluding carboxylic acids is 3. The second-order valence-corrected chi connectivity index (χ2v) is 9.89. The monoisotopic (exact) mass is 548 g/mol. The van der Waals surface area contributed by atoms with Gasteiger partial charge in [0, 0.05) is 46.3 Å². The molecule has 1 aliphatic rings. The van der Waals surface area contributed by atoms with Crippen LogP contribution in [0.3, 0.4) is 0 Å². The maximum Gasteiger partial charge on any atom is 0.243 e. The van der Waals surface area contributed by atoms with Gasteiger partial charge in [0.05, 0.1) is 24.6 Å². The van der Waals surface area contributed by atoms with Gasteiger partial charge in [-0.2, -0.15) is 0 Å². The van der Waals surface area contributed by atoms with Crippen molar-refractivity contribution < 1.29 is 18.8 Å². The van der Waals surface area contributed by atoms with E-state index < -0.39 is 24.0 Å². The average molecular weight is 549 g/mol. The van der Waals surface area contributed by atoms with Crippen LogP contribution in [0.25, 0.3) is 10.9 Å². The van der Waals surface area contributed by atoms with Crippen molar-refractivity contribution >= 4 is 51.5 Å². The highest BCUT2D eigenvalue weighted by atomic mass is 35.5. The van der Waals surface area contributed by atoms with E-state index >= 15 is 0 Å². The molecule has 1 aliphatic heterocycles. The highest BCUT2D eigenvalue weighted by Crippen LogP contribution is 2.28. The molecule has 2 unspecified atom stereocenters. The lowest BCUT2D eigenvalue weighted by Gasteiger charge is -2.24. The van der Waals surface area contributed by atoms with Gasteiger partial charge in [-0.3, -0.25) is 14.4 Å². The van der Waals surface area contributed by atoms with Crippen LogP contribution in [-0.2, 0) is 22.7 Å². The summed E-state index contributed by atoms with van der Waals surface area (Å²) in [6, 6.07) is 11.6. The number of amides is 2. The molecule has 9 nitrogen and oxygen atoms in total. The number of anilines is 2. The summed E-state index contributed by atoms with van der Waals surface area (Å²) < 4.78 is 16.1. The smallest absolute Gasteiger partial charge is 0.243 e. The summed E-state index contributed by atoms with van der Waals surface area (Å²) in [5, 5.41) is 7.19. The van der Waals surface area contributed by atoms with Crippen LogP contribution in [0.1, 0.15) is 29.3 Å². The molecule has 4 aromatic rings. The van der Waals surface area contributed by atoms with Crippen LogP contribution >= 0.6 is 11.6 Å². The van der Waals surface area contributed by atoms with Crippen LogP contribution in [0.4, 0.5) is 15.8 Å². The zero-order valence-electron chi connectivity index (χ0n) is 21.1. The number of hydrogen-bond donors (Lipinski definition) is 2. The summed E-state index contributed by atoms with van der Waals surface area (Å²) in [4.78, 5) is 48.0. The fourth-order valence-corrected chi connectivity index (χ4v) is 5.03. The number of ketones is 1. The van der Waals surface area contributed by atoms with Gasteiger partial charge in [0.1, 0.15) is 25.1 Å². The lowest BCUT2D eigenvalue weighted by atomic mass is 10.1. The zero-order valence-corrected chi connectivity index (χ0v) is 21.9. The van der Waals surface area contributed by atoms with Crippen molar-refractivity contribution in [1.29, 1.82) is 0 Å². The van der Waals surface area contributed by atoms with E-state index in [9.17, 15) is 18.8 Å². The molecule has 0 spiro atoms. The Morgan fingerprint density at radius 1 is 1.10 bits per heavy atom. The first-order chi connectivity index (χ1) is 18.8. The molecule has 0 saturated carbocycles. The molecule has 1 fully saturated rings. The topological polar surface area (TPSA) is 109 Å². The van der Waals surface area contributed by atoms with Crippen molar-refractivity contribution in [2.24, 2.45) is 0 Å². The summed E-state index contributed by atoms with van der Waals surface area (Å²) in [7, 11) is 0. The number of carbonyl (C=O) groups is 3. The third-order valence-electron chi connectivity index (χ3n) is 6.64. The Bertz CT molecular complexity index is 1540. The van der Waals surface area contributed by atoms with Gasteiger partial charge in [-0.15, -0.1) is 0 Å². The number of halogens is 2. The number of Topliss-reactive ketones (excluding diaryl/α,β-unsaturated/α-hetero) is 1. The quantitative estimate of drug-likeness (QED) is 0.318. The Morgan fingerprint density at radius 3 is 2.64 bits per heavy atom. The van der Waals surface area contributed by atoms with Gasteiger partial charge < -0.3 is 20.1 Å². The van der Waals surface area contributed by atoms with Crippen molar-refractivity contribution in [3.8, 4) is 0 Å². The molecule has 1 saturated heterocycles. The van der Waals surface area contributed by atoms with Gasteiger partial charge in [0.2, 0.25) is 11.8 Å². The molecule has 2 atom stereocenters. The summed E-state index contributed by atoms with van der Waals surface area (Å²) in [6.45, 7) is 1.36. The van der Waals surface area contributed by atoms with E-state index in [1.54, 1.807) is 47.4 Å². The van der Waals surface area contributed by atoms with Crippen LogP contribution in [0.5, 0.6) is 0 Å². The van der Waals surface area contributed by atoms with Crippen LogP contribution in [0.2, 0.25) is 5.02 Å². The minimum atomic E-state index is -1.30. The number of nitrogens with zero attached hydrogens (tertiary/aromatic N) is 4. The van der Waals surface area contributed by atoms with Gasteiger partial charge in [-0.25, -0.2) is 14.4 Å². The van der Waals surface area contributed by atoms with Crippen molar-refractivity contribution in [3.05, 3.63) is 83.5 Å². The highest BCUT2D eigenvalue weighted by molar-refractivity contribution is 6.30. The number of aromatic nitrogens is 3. The number of rotatable bonds is 8. The van der Waals surface area contributed by atoms with Gasteiger partial charge in [0.15, 0.2) is 5.78 Å². The molecule has 2 aromatic heterocycles. The van der Waals surface area contributed by atoms with Crippen LogP contribution in [-0.4, -0.2) is 55.8 Å². The number of nitrogens with one attached hydrogen (secondary N) is 2. The Kier molecular flexibility index (Phi) is 7.56. The molecule has 39 heavy (non-hydrogen) atoms. The van der Waals surface area contributed by atoms with E-state index in [1.807, 2.05) is 18.2 Å². The van der Waals surface area contributed by atoms with Gasteiger partial charge in [-0.1, -0.05) is 23.7 Å². The van der Waals surface area contributed by atoms with Crippen LogP contribution in [0.15, 0.2) is 67.4 Å². The Labute approximate surface area is 229 Å². The molecular weight excluding hydrogens is 523 g/mol. The van der Waals surface area contributed by atoms with Gasteiger partial charge in [0.25, 0.3) is 0 Å². The lowest BCUT2D eigenvalue weighted by molar-refractivity contribution is -0.139. The fraction of sp³-hybridized carbons (Fsp3) is 0.250. The Morgan fingerprint density at radius 2 is 1.90 bits per heavy atom. The number of hydrogen-bond acceptors (Lipinski definition) is 6. The molecule has 2 N–H and O–H groups in total. The number of likely N-dealkylation sites (tertiary alicyclic amines) is 1. The first-order valence-corrected chi connectivity index (χ1v) is 12.8. The third-order valence-corrected chi connectivity index (χ3v) is 6.88. The molecule has 5 rings (SSSR count). The number of alkyl halides is 1. The highest BCUT2D eigenvalue weighted by Gasteiger charge is 2.39. The Balaban J connectivity index is 1.34. The van der Waals surface area contributed by atoms with E-state index in [0.717, 1.165) is 11.3 Å². The first kappa shape index (κ1) is 26.3. The van der Waals surface area contributed by atoms with Crippen LogP contribution in [0, 0.1) is 0 Å². The van der Waals surface area contributed by atoms with E-state index in [2.05, 4.69) is 20.6 Å². The molecule has 3 heterocycles. The summed E-state index contributed by atoms with van der Waals surface area (Å²) in [5.41, 5.74) is 3.32. The predicted octanol–water partition coefficient (Wildman–Crippen LogP) is 4.29. The molecule has 0 bridgehead atoms. The Hall–Kier alpha value is -4.31. The van der Waals surface area contributed by atoms with Crippen molar-refractivity contribution in [3.63, 3.8) is 0 Å². The zero-order chi connectivity index (χ0) is 27.5. The minimum Gasteiger partial charge on any atom is -0.353 e. The van der Waals surface area contributed by atoms with E-state index in [4.69, 9.17) is 11.6 Å². The van der Waals surface area contributed by atoms with Crippen molar-refractivity contribution in [1.82, 2.24) is 24.8 Å². The molecular formula is C28H26ClFN6O3. The first-order valence-electron chi connectivity index (χ1n) is 12.4. The van der Waals surface area contributed by atoms with Crippen molar-refractivity contribution in [2.75, 3.05) is 11.9 Å². The molecule has 2 amide bonds. The summed E-state index contributed by atoms with van der Waals surface area (Å²) >= 11 is 6.01. The SMILES string of the molecule is CC(=O)c1cn(CC(=O)N2CC(F)CC2C(=O)NCc2cccc(Cl)c2)c2ccc(Nc3cncnc3)cc12. The maximum atomic E-state index is 14.4. The number of benzene rings is 2. The normalized spacial score (nSPS) is 16.8. The van der Waals surface area contributed by atoms with E-state index in [0.29, 0.717) is 27.2 Å². The molecule has 2 aromatic carbocycles. The van der Waals surface area contributed by atoms with Crippen LogP contribution < -0.4 is 10.6 Å².